The Hall–Kier alpha value is -1.94. The molecular weight excluding hydrogens is 212 g/mol. The average molecular weight is 228 g/mol. The molecule has 0 bridgehead atoms. The molecule has 4 nitrogen and oxygen atoms in total. The van der Waals surface area contributed by atoms with Gasteiger partial charge in [0.25, 0.3) is 0 Å². The summed E-state index contributed by atoms with van der Waals surface area (Å²) in [5.41, 5.74) is 9.00. The number of benzene rings is 1. The zero-order valence-electron chi connectivity index (χ0n) is 10.1. The van der Waals surface area contributed by atoms with Crippen molar-refractivity contribution < 1.29 is 0 Å². The fourth-order valence-electron chi connectivity index (χ4n) is 1.66. The lowest BCUT2D eigenvalue weighted by Crippen LogP contribution is -2.05. The highest BCUT2D eigenvalue weighted by atomic mass is 15.0. The monoisotopic (exact) mass is 228 g/mol. The third kappa shape index (κ3) is 2.79. The zero-order chi connectivity index (χ0) is 12.3. The Morgan fingerprint density at radius 2 is 2.06 bits per heavy atom. The van der Waals surface area contributed by atoms with Gasteiger partial charge < -0.3 is 11.1 Å². The predicted octanol–water partition coefficient (Wildman–Crippen LogP) is 2.30. The molecule has 0 fully saturated rings. The molecule has 0 spiro atoms. The summed E-state index contributed by atoms with van der Waals surface area (Å²) in [6.45, 7) is 4.50. The van der Waals surface area contributed by atoms with Gasteiger partial charge in [-0.05, 0) is 31.5 Å². The van der Waals surface area contributed by atoms with Gasteiger partial charge in [0.15, 0.2) is 0 Å². The minimum atomic E-state index is 0.350. The lowest BCUT2D eigenvalue weighted by molar-refractivity contribution is 0.912. The molecule has 17 heavy (non-hydrogen) atoms. The van der Waals surface area contributed by atoms with Crippen LogP contribution in [0.5, 0.6) is 0 Å². The van der Waals surface area contributed by atoms with Gasteiger partial charge in [-0.15, -0.1) is 0 Å². The van der Waals surface area contributed by atoms with Gasteiger partial charge in [-0.25, -0.2) is 9.97 Å². The molecule has 0 radical (unpaired) electrons. The first kappa shape index (κ1) is 11.5. The highest BCUT2D eigenvalue weighted by Crippen LogP contribution is 2.19. The molecule has 88 valence electrons. The van der Waals surface area contributed by atoms with Crippen LogP contribution >= 0.6 is 0 Å². The molecule has 3 N–H and O–H groups in total. The second-order valence-corrected chi connectivity index (χ2v) is 4.01. The van der Waals surface area contributed by atoms with Crippen molar-refractivity contribution in [3.05, 3.63) is 47.4 Å². The van der Waals surface area contributed by atoms with Crippen molar-refractivity contribution >= 4 is 11.5 Å². The Labute approximate surface area is 101 Å². The summed E-state index contributed by atoms with van der Waals surface area (Å²) in [4.78, 5) is 8.36. The summed E-state index contributed by atoms with van der Waals surface area (Å²) in [5, 5.41) is 3.27. The normalized spacial score (nSPS) is 10.3. The molecule has 0 amide bonds. The maximum absolute atomic E-state index is 5.51. The molecule has 0 aliphatic heterocycles. The van der Waals surface area contributed by atoms with Crippen LogP contribution < -0.4 is 11.1 Å². The van der Waals surface area contributed by atoms with Gasteiger partial charge in [0.1, 0.15) is 11.6 Å². The largest absolute Gasteiger partial charge is 0.340 e. The van der Waals surface area contributed by atoms with Gasteiger partial charge in [0, 0.05) is 11.9 Å². The second-order valence-electron chi connectivity index (χ2n) is 4.01. The molecule has 4 heteroatoms. The van der Waals surface area contributed by atoms with Gasteiger partial charge in [-0.1, -0.05) is 17.7 Å². The van der Waals surface area contributed by atoms with E-state index in [1.54, 1.807) is 6.20 Å². The Bertz CT molecular complexity index is 523. The van der Waals surface area contributed by atoms with Gasteiger partial charge in [-0.2, -0.15) is 0 Å². The number of nitrogens with zero attached hydrogens (tertiary/aromatic N) is 2. The molecule has 0 unspecified atom stereocenters. The molecule has 1 heterocycles. The Morgan fingerprint density at radius 1 is 1.24 bits per heavy atom. The lowest BCUT2D eigenvalue weighted by atomic mass is 10.1. The zero-order valence-corrected chi connectivity index (χ0v) is 10.1. The Balaban J connectivity index is 2.25. The summed E-state index contributed by atoms with van der Waals surface area (Å²) < 4.78 is 0. The van der Waals surface area contributed by atoms with E-state index in [1.165, 1.54) is 11.1 Å². The fraction of sp³-hybridized carbons (Fsp3) is 0.231. The molecule has 0 saturated heterocycles. The van der Waals surface area contributed by atoms with Crippen LogP contribution in [-0.4, -0.2) is 9.97 Å². The molecule has 0 aliphatic rings. The van der Waals surface area contributed by atoms with E-state index in [-0.39, 0.29) is 0 Å². The fourth-order valence-corrected chi connectivity index (χ4v) is 1.66. The van der Waals surface area contributed by atoms with Crippen LogP contribution in [0.25, 0.3) is 0 Å². The predicted molar refractivity (Wildman–Crippen MR) is 69.1 cm³/mol. The summed E-state index contributed by atoms with van der Waals surface area (Å²) in [5.74, 6) is 1.41. The summed E-state index contributed by atoms with van der Waals surface area (Å²) in [7, 11) is 0. The van der Waals surface area contributed by atoms with Crippen LogP contribution in [0.4, 0.5) is 11.5 Å². The van der Waals surface area contributed by atoms with E-state index in [0.29, 0.717) is 12.4 Å². The van der Waals surface area contributed by atoms with E-state index in [9.17, 15) is 0 Å². The van der Waals surface area contributed by atoms with Crippen molar-refractivity contribution in [1.29, 1.82) is 0 Å². The van der Waals surface area contributed by atoms with Crippen molar-refractivity contribution in [2.45, 2.75) is 20.4 Å². The lowest BCUT2D eigenvalue weighted by Gasteiger charge is -2.09. The highest BCUT2D eigenvalue weighted by Gasteiger charge is 2.01. The molecule has 0 aliphatic carbocycles. The van der Waals surface area contributed by atoms with Crippen molar-refractivity contribution in [2.75, 3.05) is 5.32 Å². The van der Waals surface area contributed by atoms with E-state index in [2.05, 4.69) is 47.3 Å². The highest BCUT2D eigenvalue weighted by molar-refractivity contribution is 5.60. The van der Waals surface area contributed by atoms with Crippen LogP contribution in [0, 0.1) is 13.8 Å². The minimum absolute atomic E-state index is 0.350. The second kappa shape index (κ2) is 4.93. The van der Waals surface area contributed by atoms with Gasteiger partial charge in [-0.3, -0.25) is 0 Å². The third-order valence-electron chi connectivity index (χ3n) is 2.53. The average Bonchev–Trinajstić information content (AvgIpc) is 2.33. The van der Waals surface area contributed by atoms with Crippen LogP contribution in [0.15, 0.2) is 30.5 Å². The smallest absolute Gasteiger partial charge is 0.144 e. The number of nitrogens with two attached hydrogens (primary N) is 1. The number of hydrogen-bond acceptors (Lipinski definition) is 4. The number of aromatic nitrogens is 2. The first-order valence-electron chi connectivity index (χ1n) is 5.55. The first-order chi connectivity index (χ1) is 8.19. The molecule has 0 saturated carbocycles. The topological polar surface area (TPSA) is 63.8 Å². The molecular formula is C13H16N4. The molecule has 1 aromatic heterocycles. The van der Waals surface area contributed by atoms with Crippen molar-refractivity contribution in [3.63, 3.8) is 0 Å². The number of hydrogen-bond donors (Lipinski definition) is 2. The number of nitrogens with one attached hydrogen (secondary N) is 1. The Kier molecular flexibility index (Phi) is 3.35. The quantitative estimate of drug-likeness (QED) is 0.846. The number of aryl methyl sites for hydroxylation is 2. The van der Waals surface area contributed by atoms with E-state index in [1.807, 2.05) is 6.07 Å². The van der Waals surface area contributed by atoms with Gasteiger partial charge >= 0.3 is 0 Å². The molecule has 2 aromatic rings. The van der Waals surface area contributed by atoms with Crippen LogP contribution in [0.3, 0.4) is 0 Å². The van der Waals surface area contributed by atoms with Crippen molar-refractivity contribution in [1.82, 2.24) is 9.97 Å². The third-order valence-corrected chi connectivity index (χ3v) is 2.53. The summed E-state index contributed by atoms with van der Waals surface area (Å²) in [6, 6.07) is 8.08. The molecule has 1 aromatic carbocycles. The maximum atomic E-state index is 5.51. The first-order valence-corrected chi connectivity index (χ1v) is 5.55. The van der Waals surface area contributed by atoms with E-state index in [0.717, 1.165) is 11.5 Å². The Morgan fingerprint density at radius 3 is 2.76 bits per heavy atom. The SMILES string of the molecule is Cc1ccc(Nc2ccnc(CN)n2)c(C)c1. The number of rotatable bonds is 3. The van der Waals surface area contributed by atoms with Gasteiger partial charge in [0.2, 0.25) is 0 Å². The van der Waals surface area contributed by atoms with Crippen LogP contribution in [-0.2, 0) is 6.54 Å². The summed E-state index contributed by atoms with van der Waals surface area (Å²) in [6.07, 6.45) is 1.71. The van der Waals surface area contributed by atoms with E-state index < -0.39 is 0 Å². The molecule has 2 rings (SSSR count). The van der Waals surface area contributed by atoms with E-state index in [4.69, 9.17) is 5.73 Å². The number of anilines is 2. The standard InChI is InChI=1S/C13H16N4/c1-9-3-4-11(10(2)7-9)16-12-5-6-15-13(8-14)17-12/h3-7H,8,14H2,1-2H3,(H,15,16,17). The van der Waals surface area contributed by atoms with Crippen LogP contribution in [0.1, 0.15) is 17.0 Å². The maximum Gasteiger partial charge on any atom is 0.144 e. The minimum Gasteiger partial charge on any atom is -0.340 e. The van der Waals surface area contributed by atoms with Crippen molar-refractivity contribution in [3.8, 4) is 0 Å². The molecule has 0 atom stereocenters. The van der Waals surface area contributed by atoms with Crippen molar-refractivity contribution in [2.24, 2.45) is 5.73 Å². The van der Waals surface area contributed by atoms with E-state index >= 15 is 0 Å². The van der Waals surface area contributed by atoms with Crippen LogP contribution in [0.2, 0.25) is 0 Å². The van der Waals surface area contributed by atoms with Gasteiger partial charge in [0.05, 0.1) is 6.54 Å². The summed E-state index contributed by atoms with van der Waals surface area (Å²) >= 11 is 0.